The topological polar surface area (TPSA) is 177 Å². The Balaban J connectivity index is 0.000000123. The lowest BCUT2D eigenvalue weighted by atomic mass is 9.72. The van der Waals surface area contributed by atoms with Crippen LogP contribution in [0.2, 0.25) is 0 Å². The van der Waals surface area contributed by atoms with Crippen LogP contribution in [-0.4, -0.2) is 44.9 Å². The van der Waals surface area contributed by atoms with E-state index in [1.54, 1.807) is 31.0 Å². The summed E-state index contributed by atoms with van der Waals surface area (Å²) in [4.78, 5) is 48.5. The molecule has 0 saturated carbocycles. The van der Waals surface area contributed by atoms with Crippen LogP contribution in [0.5, 0.6) is 0 Å². The lowest BCUT2D eigenvalue weighted by Crippen LogP contribution is -2.31. The first kappa shape index (κ1) is 92.1. The molecule has 9 aromatic heterocycles. The van der Waals surface area contributed by atoms with E-state index in [0.717, 1.165) is 150 Å². The molecule has 0 radical (unpaired) electrons. The highest BCUT2D eigenvalue weighted by atomic mass is 31.2. The first-order chi connectivity index (χ1) is 70.3. The highest BCUT2D eigenvalue weighted by Gasteiger charge is 2.44. The fourth-order valence-corrected chi connectivity index (χ4v) is 28.1. The molecule has 0 bridgehead atoms. The smallest absolute Gasteiger partial charge is 0.188 e. The Morgan fingerprint density at radius 1 is 0.194 bits per heavy atom. The summed E-state index contributed by atoms with van der Waals surface area (Å²) in [5.74, 6) is 0.751. The van der Waals surface area contributed by atoms with Gasteiger partial charge in [-0.2, -0.15) is 0 Å². The summed E-state index contributed by atoms with van der Waals surface area (Å²) in [5.41, 5.74) is 27.4. The molecule has 24 rings (SSSR count). The molecule has 3 aliphatic rings. The highest BCUT2D eigenvalue weighted by molar-refractivity contribution is 7.86. The minimum Gasteiger partial charge on any atom is -0.310 e. The maximum atomic E-state index is 15.1. The summed E-state index contributed by atoms with van der Waals surface area (Å²) < 4.78 is 45.2. The number of pyridine rings is 9. The number of rotatable bonds is 18. The van der Waals surface area contributed by atoms with E-state index in [1.807, 2.05) is 328 Å². The maximum absolute atomic E-state index is 15.1. The normalized spacial score (nSPS) is 13.8. The van der Waals surface area contributed by atoms with Gasteiger partial charge >= 0.3 is 0 Å². The molecule has 15 nitrogen and oxygen atoms in total. The van der Waals surface area contributed by atoms with Crippen LogP contribution in [0.3, 0.4) is 0 Å². The molecule has 144 heavy (non-hydrogen) atoms. The van der Waals surface area contributed by atoms with Crippen LogP contribution in [0.15, 0.2) is 493 Å². The number of nitrogens with zero attached hydrogens (tertiary/aromatic N) is 12. The first-order valence-corrected chi connectivity index (χ1v) is 53.2. The monoisotopic (exact) mass is 1920 g/mol. The van der Waals surface area contributed by atoms with E-state index >= 15 is 13.7 Å². The third kappa shape index (κ3) is 16.9. The van der Waals surface area contributed by atoms with Gasteiger partial charge in [0.1, 0.15) is 11.3 Å². The quantitative estimate of drug-likeness (QED) is 0.0741. The Bertz CT molecular complexity index is 7200. The average Bonchev–Trinajstić information content (AvgIpc) is 0.722. The molecular weight excluding hydrogens is 1820 g/mol. The van der Waals surface area contributed by atoms with Crippen molar-refractivity contribution < 1.29 is 13.7 Å². The predicted molar refractivity (Wildman–Crippen MR) is 591 cm³/mol. The van der Waals surface area contributed by atoms with Crippen molar-refractivity contribution in [3.05, 3.63) is 526 Å². The summed E-state index contributed by atoms with van der Waals surface area (Å²) >= 11 is 0. The van der Waals surface area contributed by atoms with Crippen molar-refractivity contribution in [3.8, 4) is 67.3 Å². The van der Waals surface area contributed by atoms with Crippen LogP contribution in [0.25, 0.3) is 67.3 Å². The molecule has 21 aromatic rings. The molecular formula is C126H99N12O3P3. The van der Waals surface area contributed by atoms with Gasteiger partial charge in [0.05, 0.1) is 68.8 Å². The second kappa shape index (κ2) is 38.6. The van der Waals surface area contributed by atoms with Gasteiger partial charge in [0.15, 0.2) is 21.4 Å². The van der Waals surface area contributed by atoms with Gasteiger partial charge in [-0.05, 0) is 250 Å². The molecule has 18 heteroatoms. The number of benzene rings is 12. The summed E-state index contributed by atoms with van der Waals surface area (Å²) in [7, 11) is -9.54. The van der Waals surface area contributed by atoms with Crippen molar-refractivity contribution in [3.63, 3.8) is 0 Å². The van der Waals surface area contributed by atoms with E-state index in [-0.39, 0.29) is 16.2 Å². The van der Waals surface area contributed by atoms with Gasteiger partial charge in [0.2, 0.25) is 0 Å². The maximum Gasteiger partial charge on any atom is 0.188 e. The van der Waals surface area contributed by atoms with Gasteiger partial charge in [0, 0.05) is 155 Å². The third-order valence-corrected chi connectivity index (χ3v) is 37.1. The average molecular weight is 1920 g/mol. The SMILES string of the molecule is CC1(C)c2cc(-c3ccccn3)ccc2N(c2ccc(P(=O)(c3ccccc3)c3ccccc3)cn2)c2ccc(-c3ccccn3)cc21.CC1(C)c2cc(-c3ccccn3)ccc2N(c2ccc(P(=O)(c3ccccc3)c3ccccc3)nc2)c2ccc(-c3ccccn3)cc21.CC1(C)c2cc(-c3cccnc3)ccc2N(c2ccc(P(=O)(c3ccccc3)c3cccnc3)cc2)c2ccc(-c3cccnc3)cc21. The molecule has 0 fully saturated rings. The summed E-state index contributed by atoms with van der Waals surface area (Å²) in [5, 5.41) is 6.04. The van der Waals surface area contributed by atoms with Gasteiger partial charge in [-0.3, -0.25) is 44.8 Å². The standard InChI is InChI=1S/3C42H33N4OP/c1-42(2)35-27-30(37-17-9-11-25-43-37)19-22-39(35)46(40-23-20-31(28-36(40)42)38-18-10-12-26-44-38)32-21-24-41(45-29-32)48(47,33-13-5-3-6-14-33)34-15-7-4-8-16-34;1-42(2)35-27-30(37-17-9-11-25-43-37)19-22-39(35)46(40-23-20-31(28-36(40)42)38-18-10-12-26-44-38)41-24-21-34(29-45-41)48(47,32-13-5-3-6-14-32)33-15-7-4-8-16-33;1-42(2)38-25-30(32-9-6-22-43-27-32)14-20-40(38)46(41-21-15-31(26-39(41)42)33-10-7-23-44-28-33)34-16-18-36(19-17-34)48(47,35-11-4-3-5-12-35)37-13-8-24-45-29-37/h3*3-29H,1-2H3. The van der Waals surface area contributed by atoms with Crippen molar-refractivity contribution in [2.45, 2.75) is 57.8 Å². The van der Waals surface area contributed by atoms with Gasteiger partial charge < -0.3 is 23.5 Å². The van der Waals surface area contributed by atoms with Crippen LogP contribution in [0, 0.1) is 0 Å². The van der Waals surface area contributed by atoms with Gasteiger partial charge in [0.25, 0.3) is 0 Å². The Morgan fingerprint density at radius 2 is 0.479 bits per heavy atom. The Hall–Kier alpha value is -16.9. The van der Waals surface area contributed by atoms with Crippen LogP contribution in [0.1, 0.15) is 74.9 Å². The van der Waals surface area contributed by atoms with E-state index in [4.69, 9.17) is 9.97 Å². The van der Waals surface area contributed by atoms with E-state index in [9.17, 15) is 0 Å². The fourth-order valence-electron chi connectivity index (χ4n) is 20.5. The molecule has 12 aromatic carbocycles. The van der Waals surface area contributed by atoms with E-state index in [1.165, 1.54) is 33.4 Å². The van der Waals surface area contributed by atoms with Crippen molar-refractivity contribution in [2.24, 2.45) is 0 Å². The largest absolute Gasteiger partial charge is 0.310 e. The molecule has 12 heterocycles. The van der Waals surface area contributed by atoms with Crippen LogP contribution in [-0.2, 0) is 29.9 Å². The van der Waals surface area contributed by atoms with Crippen molar-refractivity contribution in [2.75, 3.05) is 14.7 Å². The zero-order valence-electron chi connectivity index (χ0n) is 80.2. The third-order valence-electron chi connectivity index (χ3n) is 28.0. The number of hydrogen-bond acceptors (Lipinski definition) is 15. The molecule has 1 atom stereocenters. The summed E-state index contributed by atoms with van der Waals surface area (Å²) in [6.07, 6.45) is 21.8. The number of anilines is 9. The van der Waals surface area contributed by atoms with E-state index < -0.39 is 21.4 Å². The summed E-state index contributed by atoms with van der Waals surface area (Å²) in [6, 6.07) is 140. The lowest BCUT2D eigenvalue weighted by molar-refractivity contribution is 0.591. The Morgan fingerprint density at radius 3 is 0.785 bits per heavy atom. The minimum atomic E-state index is -3.21. The highest BCUT2D eigenvalue weighted by Crippen LogP contribution is 2.59. The molecule has 0 N–H and O–H groups in total. The van der Waals surface area contributed by atoms with Gasteiger partial charge in [-0.15, -0.1) is 0 Å². The number of hydrogen-bond donors (Lipinski definition) is 0. The van der Waals surface area contributed by atoms with Crippen molar-refractivity contribution in [1.82, 2.24) is 44.9 Å². The second-order valence-electron chi connectivity index (χ2n) is 37.6. The fraction of sp³-hybridized carbons (Fsp3) is 0.0714. The van der Waals surface area contributed by atoms with Crippen molar-refractivity contribution >= 4 is 121 Å². The van der Waals surface area contributed by atoms with Crippen LogP contribution >= 0.6 is 21.4 Å². The minimum absolute atomic E-state index is 0.305. The number of fused-ring (bicyclic) bond motifs is 6. The Kier molecular flexibility index (Phi) is 24.7. The first-order valence-electron chi connectivity index (χ1n) is 48.1. The second-order valence-corrected chi connectivity index (χ2v) is 45.8. The van der Waals surface area contributed by atoms with E-state index in [2.05, 4.69) is 225 Å². The predicted octanol–water partition coefficient (Wildman–Crippen LogP) is 26.9. The van der Waals surface area contributed by atoms with E-state index in [0.29, 0.717) is 16.0 Å². The van der Waals surface area contributed by atoms with Crippen LogP contribution < -0.4 is 62.6 Å². The molecule has 0 saturated heterocycles. The zero-order chi connectivity index (χ0) is 98.2. The van der Waals surface area contributed by atoms with Gasteiger partial charge in [-0.25, -0.2) is 4.98 Å². The zero-order valence-corrected chi connectivity index (χ0v) is 82.9. The van der Waals surface area contributed by atoms with Crippen molar-refractivity contribution in [1.29, 1.82) is 0 Å². The Labute approximate surface area is 839 Å². The molecule has 0 spiro atoms. The summed E-state index contributed by atoms with van der Waals surface area (Å²) in [6.45, 7) is 13.7. The molecule has 3 aliphatic heterocycles. The molecule has 1 unspecified atom stereocenters. The number of aromatic nitrogens is 9. The molecule has 0 amide bonds. The lowest BCUT2D eigenvalue weighted by Gasteiger charge is -2.42. The molecule has 696 valence electrons. The molecule has 0 aliphatic carbocycles. The van der Waals surface area contributed by atoms with Gasteiger partial charge in [-0.1, -0.05) is 266 Å². The van der Waals surface area contributed by atoms with Crippen LogP contribution in [0.4, 0.5) is 51.3 Å².